The molecule has 1 aliphatic heterocycles. The Kier molecular flexibility index (Phi) is 4.55. The van der Waals surface area contributed by atoms with Gasteiger partial charge in [0.25, 0.3) is 0 Å². The molecule has 140 valence electrons. The standard InChI is InChI=1S/C24H27NO2/c1-14(2)16-8-10-17(11-9-16)23-20-7-5-6-19(20)21-13-12-18(24(26)27-4)15(3)22(21)25-23/h5-6,8-14,19-20,23,25H,7H2,1-4H3/t19-,20+,23-/m1/s1. The van der Waals surface area contributed by atoms with Gasteiger partial charge in [0.15, 0.2) is 0 Å². The summed E-state index contributed by atoms with van der Waals surface area (Å²) in [6, 6.07) is 13.2. The van der Waals surface area contributed by atoms with Crippen LogP contribution in [0.25, 0.3) is 0 Å². The summed E-state index contributed by atoms with van der Waals surface area (Å²) in [6.07, 6.45) is 5.70. The fourth-order valence-electron chi connectivity index (χ4n) is 4.56. The number of anilines is 1. The van der Waals surface area contributed by atoms with E-state index in [1.807, 2.05) is 13.0 Å². The highest BCUT2D eigenvalue weighted by Crippen LogP contribution is 2.51. The van der Waals surface area contributed by atoms with Crippen LogP contribution in [0.3, 0.4) is 0 Å². The fraction of sp³-hybridized carbons (Fsp3) is 0.375. The lowest BCUT2D eigenvalue weighted by Gasteiger charge is -2.38. The molecule has 0 bridgehead atoms. The Morgan fingerprint density at radius 2 is 1.89 bits per heavy atom. The Hall–Kier alpha value is -2.55. The highest BCUT2D eigenvalue weighted by Gasteiger charge is 2.39. The van der Waals surface area contributed by atoms with E-state index < -0.39 is 0 Å². The number of benzene rings is 2. The van der Waals surface area contributed by atoms with E-state index in [1.165, 1.54) is 23.8 Å². The maximum atomic E-state index is 12.1. The van der Waals surface area contributed by atoms with E-state index in [4.69, 9.17) is 4.74 Å². The third kappa shape index (κ3) is 2.95. The van der Waals surface area contributed by atoms with Crippen LogP contribution in [0.5, 0.6) is 0 Å². The van der Waals surface area contributed by atoms with Crippen LogP contribution in [0.4, 0.5) is 5.69 Å². The van der Waals surface area contributed by atoms with Crippen LogP contribution in [0, 0.1) is 12.8 Å². The summed E-state index contributed by atoms with van der Waals surface area (Å²) in [4.78, 5) is 12.1. The number of methoxy groups -OCH3 is 1. The average molecular weight is 361 g/mol. The van der Waals surface area contributed by atoms with E-state index in [0.29, 0.717) is 23.3 Å². The van der Waals surface area contributed by atoms with E-state index in [1.54, 1.807) is 0 Å². The van der Waals surface area contributed by atoms with Crippen LogP contribution < -0.4 is 5.32 Å². The largest absolute Gasteiger partial charge is 0.465 e. The quantitative estimate of drug-likeness (QED) is 0.560. The SMILES string of the molecule is COC(=O)c1ccc2c(c1C)N[C@H](c1ccc(C(C)C)cc1)[C@H]1CC=C[C@@H]21. The van der Waals surface area contributed by atoms with Crippen molar-refractivity contribution in [3.8, 4) is 0 Å². The zero-order chi connectivity index (χ0) is 19.1. The van der Waals surface area contributed by atoms with Crippen molar-refractivity contribution in [2.45, 2.75) is 45.1 Å². The number of rotatable bonds is 3. The number of fused-ring (bicyclic) bond motifs is 3. The number of carbonyl (C=O) groups excluding carboxylic acids is 1. The average Bonchev–Trinajstić information content (AvgIpc) is 3.17. The van der Waals surface area contributed by atoms with Gasteiger partial charge >= 0.3 is 5.97 Å². The van der Waals surface area contributed by atoms with Gasteiger partial charge in [-0.15, -0.1) is 0 Å². The molecule has 3 nitrogen and oxygen atoms in total. The molecule has 1 aliphatic carbocycles. The first-order valence-electron chi connectivity index (χ1n) is 9.76. The first-order valence-corrected chi connectivity index (χ1v) is 9.76. The van der Waals surface area contributed by atoms with Crippen molar-refractivity contribution in [1.29, 1.82) is 0 Å². The molecular formula is C24H27NO2. The normalized spacial score (nSPS) is 22.9. The predicted octanol–water partition coefficient (Wildman–Crippen LogP) is 5.73. The van der Waals surface area contributed by atoms with Gasteiger partial charge in [-0.2, -0.15) is 0 Å². The third-order valence-corrected chi connectivity index (χ3v) is 6.16. The van der Waals surface area contributed by atoms with Gasteiger partial charge in [0, 0.05) is 11.6 Å². The number of carbonyl (C=O) groups is 1. The molecule has 1 heterocycles. The Bertz CT molecular complexity index is 895. The van der Waals surface area contributed by atoms with Crippen LogP contribution in [0.15, 0.2) is 48.6 Å². The second-order valence-corrected chi connectivity index (χ2v) is 7.99. The number of nitrogens with one attached hydrogen (secondary N) is 1. The summed E-state index contributed by atoms with van der Waals surface area (Å²) in [5.41, 5.74) is 6.66. The van der Waals surface area contributed by atoms with Crippen LogP contribution >= 0.6 is 0 Å². The first-order chi connectivity index (χ1) is 13.0. The summed E-state index contributed by atoms with van der Waals surface area (Å²) >= 11 is 0. The summed E-state index contributed by atoms with van der Waals surface area (Å²) in [5.74, 6) is 1.15. The van der Waals surface area contributed by atoms with Gasteiger partial charge in [0.2, 0.25) is 0 Å². The van der Waals surface area contributed by atoms with Crippen molar-refractivity contribution in [2.24, 2.45) is 5.92 Å². The molecule has 4 rings (SSSR count). The van der Waals surface area contributed by atoms with Crippen molar-refractivity contribution >= 4 is 11.7 Å². The zero-order valence-corrected chi connectivity index (χ0v) is 16.5. The van der Waals surface area contributed by atoms with Crippen LogP contribution in [0.1, 0.15) is 70.8 Å². The van der Waals surface area contributed by atoms with E-state index in [-0.39, 0.29) is 12.0 Å². The van der Waals surface area contributed by atoms with Crippen molar-refractivity contribution in [3.05, 3.63) is 76.4 Å². The van der Waals surface area contributed by atoms with Gasteiger partial charge in [-0.05, 0) is 53.5 Å². The molecule has 0 saturated heterocycles. The molecule has 0 aromatic heterocycles. The smallest absolute Gasteiger partial charge is 0.338 e. The van der Waals surface area contributed by atoms with Crippen LogP contribution in [0.2, 0.25) is 0 Å². The number of allylic oxidation sites excluding steroid dienone is 2. The molecule has 27 heavy (non-hydrogen) atoms. The van der Waals surface area contributed by atoms with Gasteiger partial charge in [-0.1, -0.05) is 56.3 Å². The zero-order valence-electron chi connectivity index (χ0n) is 16.5. The van der Waals surface area contributed by atoms with Gasteiger partial charge in [-0.25, -0.2) is 4.79 Å². The summed E-state index contributed by atoms with van der Waals surface area (Å²) in [7, 11) is 1.43. The second kappa shape index (κ2) is 6.88. The summed E-state index contributed by atoms with van der Waals surface area (Å²) in [5, 5.41) is 3.77. The minimum atomic E-state index is -0.279. The van der Waals surface area contributed by atoms with Gasteiger partial charge in [-0.3, -0.25) is 0 Å². The molecule has 0 amide bonds. The fourth-order valence-corrected chi connectivity index (χ4v) is 4.56. The van der Waals surface area contributed by atoms with Crippen LogP contribution in [-0.2, 0) is 4.74 Å². The summed E-state index contributed by atoms with van der Waals surface area (Å²) < 4.78 is 4.96. The number of hydrogen-bond acceptors (Lipinski definition) is 3. The molecule has 1 N–H and O–H groups in total. The lowest BCUT2D eigenvalue weighted by atomic mass is 9.75. The summed E-state index contributed by atoms with van der Waals surface area (Å²) in [6.45, 7) is 6.45. The molecule has 0 fully saturated rings. The van der Waals surface area contributed by atoms with Crippen molar-refractivity contribution < 1.29 is 9.53 Å². The highest BCUT2D eigenvalue weighted by atomic mass is 16.5. The van der Waals surface area contributed by atoms with E-state index in [2.05, 4.69) is 61.6 Å². The van der Waals surface area contributed by atoms with Gasteiger partial charge in [0.1, 0.15) is 0 Å². The molecule has 2 aromatic rings. The minimum absolute atomic E-state index is 0.241. The second-order valence-electron chi connectivity index (χ2n) is 7.99. The number of esters is 1. The Morgan fingerprint density at radius 1 is 1.15 bits per heavy atom. The highest BCUT2D eigenvalue weighted by molar-refractivity contribution is 5.93. The van der Waals surface area contributed by atoms with E-state index >= 15 is 0 Å². The molecule has 0 saturated carbocycles. The molecule has 3 atom stereocenters. The van der Waals surface area contributed by atoms with Crippen molar-refractivity contribution in [3.63, 3.8) is 0 Å². The predicted molar refractivity (Wildman–Crippen MR) is 109 cm³/mol. The molecule has 2 aliphatic rings. The minimum Gasteiger partial charge on any atom is -0.465 e. The van der Waals surface area contributed by atoms with Gasteiger partial charge in [0.05, 0.1) is 18.7 Å². The maximum absolute atomic E-state index is 12.1. The van der Waals surface area contributed by atoms with Crippen molar-refractivity contribution in [1.82, 2.24) is 0 Å². The molecular weight excluding hydrogens is 334 g/mol. The van der Waals surface area contributed by atoms with Crippen LogP contribution in [-0.4, -0.2) is 13.1 Å². The van der Waals surface area contributed by atoms with Gasteiger partial charge < -0.3 is 10.1 Å². The monoisotopic (exact) mass is 361 g/mol. The lowest BCUT2D eigenvalue weighted by molar-refractivity contribution is 0.0600. The van der Waals surface area contributed by atoms with E-state index in [0.717, 1.165) is 17.7 Å². The molecule has 0 unspecified atom stereocenters. The molecule has 0 radical (unpaired) electrons. The molecule has 3 heteroatoms. The molecule has 2 aromatic carbocycles. The van der Waals surface area contributed by atoms with E-state index in [9.17, 15) is 4.79 Å². The number of ether oxygens (including phenoxy) is 1. The topological polar surface area (TPSA) is 38.3 Å². The maximum Gasteiger partial charge on any atom is 0.338 e. The Labute approximate surface area is 161 Å². The number of hydrogen-bond donors (Lipinski definition) is 1. The first kappa shape index (κ1) is 17.8. The Balaban J connectivity index is 1.76. The Morgan fingerprint density at radius 3 is 2.56 bits per heavy atom. The molecule has 0 spiro atoms. The third-order valence-electron chi connectivity index (χ3n) is 6.16. The lowest BCUT2D eigenvalue weighted by Crippen LogP contribution is -2.30. The van der Waals surface area contributed by atoms with Crippen molar-refractivity contribution in [2.75, 3.05) is 12.4 Å².